The first-order valence-electron chi connectivity index (χ1n) is 3.52. The molecule has 1 unspecified atom stereocenters. The van der Waals surface area contributed by atoms with Crippen LogP contribution in [0.4, 0.5) is 0 Å². The minimum absolute atomic E-state index is 0. The van der Waals surface area contributed by atoms with Gasteiger partial charge in [0.1, 0.15) is 0 Å². The van der Waals surface area contributed by atoms with Gasteiger partial charge in [0.05, 0.1) is 0 Å². The SMILES string of the molecule is CCC.[CH2-]C(C)CC.[V]. The third kappa shape index (κ3) is 55.7. The monoisotopic (exact) mass is 166 g/mol. The van der Waals surface area contributed by atoms with Crippen molar-refractivity contribution in [2.45, 2.75) is 40.5 Å². The predicted molar refractivity (Wildman–Crippen MR) is 40.8 cm³/mol. The second kappa shape index (κ2) is 15.8. The molecule has 0 fully saturated rings. The van der Waals surface area contributed by atoms with E-state index in [1.54, 1.807) is 0 Å². The van der Waals surface area contributed by atoms with Gasteiger partial charge in [-0.2, -0.15) is 5.92 Å². The van der Waals surface area contributed by atoms with Crippen LogP contribution in [0, 0.1) is 12.8 Å². The van der Waals surface area contributed by atoms with Crippen molar-refractivity contribution >= 4 is 0 Å². The summed E-state index contributed by atoms with van der Waals surface area (Å²) >= 11 is 0. The molecule has 0 amide bonds. The van der Waals surface area contributed by atoms with Gasteiger partial charge in [0.2, 0.25) is 0 Å². The molecule has 0 saturated heterocycles. The molecule has 9 heavy (non-hydrogen) atoms. The summed E-state index contributed by atoms with van der Waals surface area (Å²) in [7, 11) is 0. The maximum absolute atomic E-state index is 3.76. The van der Waals surface area contributed by atoms with Gasteiger partial charge in [-0.25, -0.2) is 0 Å². The largest absolute Gasteiger partial charge is 0.341 e. The first kappa shape index (κ1) is 16.3. The quantitative estimate of drug-likeness (QED) is 0.524. The van der Waals surface area contributed by atoms with E-state index in [0.29, 0.717) is 5.92 Å². The minimum atomic E-state index is 0. The van der Waals surface area contributed by atoms with Crippen molar-refractivity contribution in [1.29, 1.82) is 0 Å². The van der Waals surface area contributed by atoms with Crippen LogP contribution in [0.5, 0.6) is 0 Å². The molecule has 0 spiro atoms. The molecule has 0 aliphatic carbocycles. The van der Waals surface area contributed by atoms with E-state index in [-0.39, 0.29) is 18.6 Å². The van der Waals surface area contributed by atoms with Crippen molar-refractivity contribution in [3.05, 3.63) is 6.92 Å². The molecular weight excluding hydrogens is 147 g/mol. The van der Waals surface area contributed by atoms with Crippen molar-refractivity contribution in [2.24, 2.45) is 5.92 Å². The van der Waals surface area contributed by atoms with Crippen molar-refractivity contribution in [3.63, 3.8) is 0 Å². The van der Waals surface area contributed by atoms with Crippen LogP contribution in [0.25, 0.3) is 0 Å². The van der Waals surface area contributed by atoms with Gasteiger partial charge in [-0.3, -0.25) is 0 Å². The second-order valence-electron chi connectivity index (χ2n) is 2.22. The molecule has 1 radical (unpaired) electrons. The minimum Gasteiger partial charge on any atom is -0.341 e. The van der Waals surface area contributed by atoms with Gasteiger partial charge < -0.3 is 6.92 Å². The first-order valence-corrected chi connectivity index (χ1v) is 3.52. The molecule has 0 rings (SSSR count). The molecule has 0 saturated carbocycles. The van der Waals surface area contributed by atoms with Crippen molar-refractivity contribution in [3.8, 4) is 0 Å². The second-order valence-corrected chi connectivity index (χ2v) is 2.22. The van der Waals surface area contributed by atoms with E-state index < -0.39 is 0 Å². The third-order valence-corrected chi connectivity index (χ3v) is 0.697. The smallest absolute Gasteiger partial charge is 0 e. The van der Waals surface area contributed by atoms with Gasteiger partial charge >= 0.3 is 0 Å². The molecule has 0 heterocycles. The third-order valence-electron chi connectivity index (χ3n) is 0.697. The first-order chi connectivity index (χ1) is 3.68. The molecule has 0 N–H and O–H groups in total. The maximum atomic E-state index is 3.76. The summed E-state index contributed by atoms with van der Waals surface area (Å²) in [6.07, 6.45) is 2.44. The normalized spacial score (nSPS) is 10.3. The number of hydrogen-bond donors (Lipinski definition) is 0. The maximum Gasteiger partial charge on any atom is 0 e. The molecule has 0 aromatic rings. The molecule has 0 aliphatic rings. The van der Waals surface area contributed by atoms with Gasteiger partial charge in [0.15, 0.2) is 0 Å². The van der Waals surface area contributed by atoms with Crippen LogP contribution in [-0.4, -0.2) is 0 Å². The summed E-state index contributed by atoms with van der Waals surface area (Å²) in [5.41, 5.74) is 0. The summed E-state index contributed by atoms with van der Waals surface area (Å²) < 4.78 is 0. The summed E-state index contributed by atoms with van der Waals surface area (Å²) in [6, 6.07) is 0. The Morgan fingerprint density at radius 2 is 1.33 bits per heavy atom. The molecule has 0 bridgehead atoms. The summed E-state index contributed by atoms with van der Waals surface area (Å²) in [5.74, 6) is 0.634. The van der Waals surface area contributed by atoms with Crippen molar-refractivity contribution in [2.75, 3.05) is 0 Å². The van der Waals surface area contributed by atoms with Crippen molar-refractivity contribution < 1.29 is 18.6 Å². The zero-order valence-corrected chi connectivity index (χ0v) is 8.54. The van der Waals surface area contributed by atoms with E-state index in [0.717, 1.165) is 0 Å². The van der Waals surface area contributed by atoms with Crippen LogP contribution >= 0.6 is 0 Å². The molecule has 0 aromatic heterocycles. The fourth-order valence-corrected chi connectivity index (χ4v) is 0. The van der Waals surface area contributed by atoms with Crippen LogP contribution in [0.15, 0.2) is 0 Å². The van der Waals surface area contributed by atoms with E-state index in [2.05, 4.69) is 34.6 Å². The molecule has 57 valence electrons. The Hall–Kier alpha value is 0.584. The van der Waals surface area contributed by atoms with Gasteiger partial charge in [-0.05, 0) is 0 Å². The van der Waals surface area contributed by atoms with Crippen LogP contribution in [0.1, 0.15) is 40.5 Å². The zero-order valence-electron chi connectivity index (χ0n) is 7.15. The Labute approximate surface area is 72.3 Å². The Morgan fingerprint density at radius 3 is 1.33 bits per heavy atom. The van der Waals surface area contributed by atoms with Gasteiger partial charge in [-0.15, -0.1) is 0 Å². The topological polar surface area (TPSA) is 0 Å². The number of hydrogen-bond acceptors (Lipinski definition) is 0. The number of rotatable bonds is 1. The molecular formula is C8H19V-. The Balaban J connectivity index is -0.0000000800. The average molecular weight is 166 g/mol. The van der Waals surface area contributed by atoms with E-state index >= 15 is 0 Å². The summed E-state index contributed by atoms with van der Waals surface area (Å²) in [6.45, 7) is 12.3. The Morgan fingerprint density at radius 1 is 1.22 bits per heavy atom. The van der Waals surface area contributed by atoms with Crippen LogP contribution in [0.2, 0.25) is 0 Å². The van der Waals surface area contributed by atoms with Crippen LogP contribution in [-0.2, 0) is 18.6 Å². The predicted octanol–water partition coefficient (Wildman–Crippen LogP) is 3.28. The summed E-state index contributed by atoms with van der Waals surface area (Å²) in [5, 5.41) is 0. The molecule has 0 nitrogen and oxygen atoms in total. The van der Waals surface area contributed by atoms with Crippen molar-refractivity contribution in [1.82, 2.24) is 0 Å². The summed E-state index contributed by atoms with van der Waals surface area (Å²) in [4.78, 5) is 0. The Bertz CT molecular complexity index is 25.7. The average Bonchev–Trinajstić information content (AvgIpc) is 1.69. The van der Waals surface area contributed by atoms with Crippen LogP contribution < -0.4 is 0 Å². The molecule has 0 aromatic carbocycles. The van der Waals surface area contributed by atoms with E-state index in [1.165, 1.54) is 12.8 Å². The van der Waals surface area contributed by atoms with Gasteiger partial charge in [-0.1, -0.05) is 40.5 Å². The molecule has 0 aliphatic heterocycles. The Kier molecular flexibility index (Phi) is 28.7. The standard InChI is InChI=1S/C5H11.C3H8.V/c1-4-5(2)3;1-3-2;/h5H,2,4H2,1,3H3;3H2,1-2H3;/q-1;;. The fraction of sp³-hybridized carbons (Fsp3) is 0.875. The van der Waals surface area contributed by atoms with Gasteiger partial charge in [0, 0.05) is 18.6 Å². The van der Waals surface area contributed by atoms with E-state index in [1.807, 2.05) is 0 Å². The van der Waals surface area contributed by atoms with Gasteiger partial charge in [0.25, 0.3) is 0 Å². The molecule has 1 heteroatoms. The van der Waals surface area contributed by atoms with E-state index in [4.69, 9.17) is 0 Å². The zero-order chi connectivity index (χ0) is 6.99. The van der Waals surface area contributed by atoms with E-state index in [9.17, 15) is 0 Å². The van der Waals surface area contributed by atoms with Crippen LogP contribution in [0.3, 0.4) is 0 Å². The fourth-order valence-electron chi connectivity index (χ4n) is 0. The molecule has 1 atom stereocenters.